The molecule has 7 heteroatoms. The maximum absolute atomic E-state index is 12.0. The van der Waals surface area contributed by atoms with Gasteiger partial charge in [0.1, 0.15) is 6.04 Å². The van der Waals surface area contributed by atoms with Gasteiger partial charge in [0.15, 0.2) is 0 Å². The number of urea groups is 1. The standard InChI is InChI=1S/C14H18N4O3/c1-10-13(20)15-7-8-18(10)12(19)9-16-14(21)17-11-5-3-2-4-6-11/h2-6,10H,7-9H2,1H3,(H,15,20)(H2,16,17,21). The molecule has 7 nitrogen and oxygen atoms in total. The van der Waals surface area contributed by atoms with Crippen LogP contribution in [0.3, 0.4) is 0 Å². The van der Waals surface area contributed by atoms with Crippen molar-refractivity contribution in [1.82, 2.24) is 15.5 Å². The second kappa shape index (κ2) is 6.74. The van der Waals surface area contributed by atoms with E-state index < -0.39 is 12.1 Å². The van der Waals surface area contributed by atoms with Crippen molar-refractivity contribution in [3.8, 4) is 0 Å². The second-order valence-corrected chi connectivity index (χ2v) is 4.73. The number of amides is 4. The molecule has 1 aromatic carbocycles. The number of nitrogens with zero attached hydrogens (tertiary/aromatic N) is 1. The van der Waals surface area contributed by atoms with Crippen molar-refractivity contribution in [1.29, 1.82) is 0 Å². The topological polar surface area (TPSA) is 90.5 Å². The van der Waals surface area contributed by atoms with E-state index >= 15 is 0 Å². The molecule has 1 heterocycles. The quantitative estimate of drug-likeness (QED) is 0.740. The predicted octanol–water partition coefficient (Wildman–Crippen LogP) is 0.155. The first kappa shape index (κ1) is 14.8. The zero-order valence-electron chi connectivity index (χ0n) is 11.8. The van der Waals surface area contributed by atoms with Crippen molar-refractivity contribution in [2.75, 3.05) is 25.0 Å². The summed E-state index contributed by atoms with van der Waals surface area (Å²) in [5.41, 5.74) is 0.646. The lowest BCUT2D eigenvalue weighted by atomic mass is 10.2. The van der Waals surface area contributed by atoms with Gasteiger partial charge in [-0.2, -0.15) is 0 Å². The average Bonchev–Trinajstić information content (AvgIpc) is 2.48. The third-order valence-electron chi connectivity index (χ3n) is 3.25. The highest BCUT2D eigenvalue weighted by atomic mass is 16.2. The fourth-order valence-corrected chi connectivity index (χ4v) is 2.08. The SMILES string of the molecule is CC1C(=O)NCCN1C(=O)CNC(=O)Nc1ccccc1. The van der Waals surface area contributed by atoms with Crippen molar-refractivity contribution in [3.05, 3.63) is 30.3 Å². The number of piperazine rings is 1. The van der Waals surface area contributed by atoms with Crippen molar-refractivity contribution >= 4 is 23.5 Å². The molecule has 1 fully saturated rings. The van der Waals surface area contributed by atoms with Gasteiger partial charge in [-0.1, -0.05) is 18.2 Å². The summed E-state index contributed by atoms with van der Waals surface area (Å²) in [5.74, 6) is -0.455. The maximum Gasteiger partial charge on any atom is 0.319 e. The minimum atomic E-state index is -0.509. The Morgan fingerprint density at radius 3 is 2.76 bits per heavy atom. The average molecular weight is 290 g/mol. The molecule has 1 aliphatic heterocycles. The van der Waals surface area contributed by atoms with Crippen LogP contribution in [0.5, 0.6) is 0 Å². The molecule has 0 aromatic heterocycles. The fourth-order valence-electron chi connectivity index (χ4n) is 2.08. The van der Waals surface area contributed by atoms with Crippen LogP contribution in [0.25, 0.3) is 0 Å². The molecule has 0 bridgehead atoms. The van der Waals surface area contributed by atoms with Crippen LogP contribution in [0, 0.1) is 0 Å². The van der Waals surface area contributed by atoms with Crippen molar-refractivity contribution in [2.45, 2.75) is 13.0 Å². The zero-order valence-corrected chi connectivity index (χ0v) is 11.8. The lowest BCUT2D eigenvalue weighted by Gasteiger charge is -2.32. The number of benzene rings is 1. The molecule has 1 aromatic rings. The van der Waals surface area contributed by atoms with Crippen molar-refractivity contribution in [2.24, 2.45) is 0 Å². The molecule has 2 rings (SSSR count). The van der Waals surface area contributed by atoms with Crippen molar-refractivity contribution < 1.29 is 14.4 Å². The fraction of sp³-hybridized carbons (Fsp3) is 0.357. The number of nitrogens with one attached hydrogen (secondary N) is 3. The van der Waals surface area contributed by atoms with Crippen LogP contribution in [0.15, 0.2) is 30.3 Å². The van der Waals surface area contributed by atoms with Gasteiger partial charge >= 0.3 is 6.03 Å². The van der Waals surface area contributed by atoms with Gasteiger partial charge in [-0.15, -0.1) is 0 Å². The second-order valence-electron chi connectivity index (χ2n) is 4.73. The molecule has 0 spiro atoms. The Morgan fingerprint density at radius 2 is 2.05 bits per heavy atom. The number of anilines is 1. The minimum Gasteiger partial charge on any atom is -0.353 e. The minimum absolute atomic E-state index is 0.143. The highest BCUT2D eigenvalue weighted by Crippen LogP contribution is 2.05. The first-order valence-corrected chi connectivity index (χ1v) is 6.75. The molecule has 3 N–H and O–H groups in total. The number of hydrogen-bond acceptors (Lipinski definition) is 3. The summed E-state index contributed by atoms with van der Waals surface area (Å²) in [5, 5.41) is 7.79. The van der Waals surface area contributed by atoms with E-state index in [2.05, 4.69) is 16.0 Å². The number of carbonyl (C=O) groups excluding carboxylic acids is 3. The molecule has 1 aliphatic rings. The summed E-state index contributed by atoms with van der Waals surface area (Å²) in [6.07, 6.45) is 0. The summed E-state index contributed by atoms with van der Waals surface area (Å²) in [7, 11) is 0. The van der Waals surface area contributed by atoms with Gasteiger partial charge in [0.05, 0.1) is 6.54 Å². The van der Waals surface area contributed by atoms with E-state index in [1.54, 1.807) is 31.2 Å². The summed E-state index contributed by atoms with van der Waals surface area (Å²) in [6.45, 7) is 2.41. The van der Waals surface area contributed by atoms with Gasteiger partial charge in [0, 0.05) is 18.8 Å². The molecule has 0 aliphatic carbocycles. The normalized spacial score (nSPS) is 17.9. The van der Waals surface area contributed by atoms with Crippen molar-refractivity contribution in [3.63, 3.8) is 0 Å². The van der Waals surface area contributed by atoms with Crippen LogP contribution in [0.2, 0.25) is 0 Å². The van der Waals surface area contributed by atoms with E-state index in [0.29, 0.717) is 18.8 Å². The first-order valence-electron chi connectivity index (χ1n) is 6.75. The lowest BCUT2D eigenvalue weighted by Crippen LogP contribution is -2.57. The number of hydrogen-bond donors (Lipinski definition) is 3. The van der Waals surface area contributed by atoms with Crippen LogP contribution in [0.4, 0.5) is 10.5 Å². The third-order valence-corrected chi connectivity index (χ3v) is 3.25. The smallest absolute Gasteiger partial charge is 0.319 e. The molecule has 1 saturated heterocycles. The molecule has 0 saturated carbocycles. The van der Waals surface area contributed by atoms with Gasteiger partial charge in [0.25, 0.3) is 0 Å². The predicted molar refractivity (Wildman–Crippen MR) is 77.6 cm³/mol. The molecular formula is C14H18N4O3. The van der Waals surface area contributed by atoms with Gasteiger partial charge in [-0.25, -0.2) is 4.79 Å². The summed E-state index contributed by atoms with van der Waals surface area (Å²) < 4.78 is 0. The van der Waals surface area contributed by atoms with E-state index in [1.165, 1.54) is 4.90 Å². The molecule has 21 heavy (non-hydrogen) atoms. The maximum atomic E-state index is 12.0. The summed E-state index contributed by atoms with van der Waals surface area (Å²) in [4.78, 5) is 36.6. The van der Waals surface area contributed by atoms with Crippen LogP contribution < -0.4 is 16.0 Å². The highest BCUT2D eigenvalue weighted by Gasteiger charge is 2.28. The van der Waals surface area contributed by atoms with E-state index in [9.17, 15) is 14.4 Å². The Labute approximate surface area is 122 Å². The Bertz CT molecular complexity index is 532. The third kappa shape index (κ3) is 3.95. The Kier molecular flexibility index (Phi) is 4.76. The summed E-state index contributed by atoms with van der Waals surface area (Å²) >= 11 is 0. The van der Waals surface area contributed by atoms with Crippen LogP contribution in [0.1, 0.15) is 6.92 Å². The Morgan fingerprint density at radius 1 is 1.33 bits per heavy atom. The molecule has 112 valence electrons. The molecule has 0 radical (unpaired) electrons. The van der Waals surface area contributed by atoms with Crippen LogP contribution >= 0.6 is 0 Å². The lowest BCUT2D eigenvalue weighted by molar-refractivity contribution is -0.141. The van der Waals surface area contributed by atoms with E-state index in [0.717, 1.165) is 0 Å². The van der Waals surface area contributed by atoms with Crippen LogP contribution in [-0.2, 0) is 9.59 Å². The largest absolute Gasteiger partial charge is 0.353 e. The number of carbonyl (C=O) groups is 3. The van der Waals surface area contributed by atoms with Gasteiger partial charge < -0.3 is 20.9 Å². The zero-order chi connectivity index (χ0) is 15.2. The molecule has 4 amide bonds. The monoisotopic (exact) mass is 290 g/mol. The number of para-hydroxylation sites is 1. The van der Waals surface area contributed by atoms with Gasteiger partial charge in [-0.05, 0) is 19.1 Å². The number of rotatable bonds is 3. The van der Waals surface area contributed by atoms with Crippen LogP contribution in [-0.4, -0.2) is 48.4 Å². The van der Waals surface area contributed by atoms with E-state index in [4.69, 9.17) is 0 Å². The van der Waals surface area contributed by atoms with Gasteiger partial charge in [0.2, 0.25) is 11.8 Å². The molecule has 1 atom stereocenters. The molecule has 1 unspecified atom stereocenters. The Balaban J connectivity index is 1.81. The van der Waals surface area contributed by atoms with E-state index in [-0.39, 0.29) is 18.4 Å². The molecular weight excluding hydrogens is 272 g/mol. The summed E-state index contributed by atoms with van der Waals surface area (Å²) in [6, 6.07) is 7.98. The van der Waals surface area contributed by atoms with Gasteiger partial charge in [-0.3, -0.25) is 9.59 Å². The van der Waals surface area contributed by atoms with E-state index in [1.807, 2.05) is 6.07 Å². The first-order chi connectivity index (χ1) is 10.1. The Hall–Kier alpha value is -2.57. The highest BCUT2D eigenvalue weighted by molar-refractivity contribution is 5.94.